The van der Waals surface area contributed by atoms with Gasteiger partial charge < -0.3 is 24.3 Å². The lowest BCUT2D eigenvalue weighted by molar-refractivity contribution is -0.128. The first kappa shape index (κ1) is 16.7. The number of hydrogen-bond donors (Lipinski definition) is 1. The molecule has 0 aliphatic heterocycles. The molecule has 0 bridgehead atoms. The number of ether oxygens (including phenoxy) is 4. The molecular formula is C16H23NO5. The molecular weight excluding hydrogens is 286 g/mol. The van der Waals surface area contributed by atoms with E-state index >= 15 is 0 Å². The summed E-state index contributed by atoms with van der Waals surface area (Å²) in [5, 5.41) is 2.86. The van der Waals surface area contributed by atoms with Crippen molar-refractivity contribution in [2.45, 2.75) is 18.6 Å². The van der Waals surface area contributed by atoms with Gasteiger partial charge in [-0.25, -0.2) is 0 Å². The molecule has 1 aliphatic rings. The highest BCUT2D eigenvalue weighted by Crippen LogP contribution is 2.47. The van der Waals surface area contributed by atoms with E-state index in [1.165, 1.54) is 0 Å². The van der Waals surface area contributed by atoms with Gasteiger partial charge in [-0.3, -0.25) is 4.79 Å². The van der Waals surface area contributed by atoms with Crippen LogP contribution in [0.15, 0.2) is 24.3 Å². The van der Waals surface area contributed by atoms with Gasteiger partial charge >= 0.3 is 0 Å². The second kappa shape index (κ2) is 8.12. The Morgan fingerprint density at radius 1 is 1.23 bits per heavy atom. The maximum absolute atomic E-state index is 12.1. The van der Waals surface area contributed by atoms with Crippen molar-refractivity contribution in [3.63, 3.8) is 0 Å². The SMILES string of the molecule is COCOc1ccc(C2CC2C(=O)NCC(OC)OC)cc1. The van der Waals surface area contributed by atoms with Gasteiger partial charge in [-0.05, 0) is 30.0 Å². The van der Waals surface area contributed by atoms with Gasteiger partial charge in [0.2, 0.25) is 5.91 Å². The van der Waals surface area contributed by atoms with Gasteiger partial charge in [0.05, 0.1) is 6.54 Å². The number of nitrogens with one attached hydrogen (secondary N) is 1. The monoisotopic (exact) mass is 309 g/mol. The van der Waals surface area contributed by atoms with Crippen LogP contribution in [0.1, 0.15) is 17.9 Å². The predicted molar refractivity (Wildman–Crippen MR) is 80.6 cm³/mol. The van der Waals surface area contributed by atoms with Crippen LogP contribution >= 0.6 is 0 Å². The molecule has 22 heavy (non-hydrogen) atoms. The molecule has 0 aromatic heterocycles. The number of benzene rings is 1. The molecule has 1 N–H and O–H groups in total. The molecule has 1 aromatic rings. The van der Waals surface area contributed by atoms with E-state index in [1.54, 1.807) is 21.3 Å². The van der Waals surface area contributed by atoms with E-state index in [0.29, 0.717) is 6.54 Å². The maximum Gasteiger partial charge on any atom is 0.223 e. The van der Waals surface area contributed by atoms with E-state index in [9.17, 15) is 4.79 Å². The maximum atomic E-state index is 12.1. The lowest BCUT2D eigenvalue weighted by Gasteiger charge is -2.14. The van der Waals surface area contributed by atoms with Crippen LogP contribution in [-0.4, -0.2) is 46.9 Å². The Bertz CT molecular complexity index is 472. The number of methoxy groups -OCH3 is 3. The van der Waals surface area contributed by atoms with Gasteiger partial charge in [-0.2, -0.15) is 0 Å². The minimum absolute atomic E-state index is 0.0279. The highest BCUT2D eigenvalue weighted by Gasteiger charge is 2.43. The average Bonchev–Trinajstić information content (AvgIpc) is 3.35. The molecule has 0 radical (unpaired) electrons. The van der Waals surface area contributed by atoms with E-state index in [0.717, 1.165) is 17.7 Å². The molecule has 1 aromatic carbocycles. The van der Waals surface area contributed by atoms with E-state index in [-0.39, 0.29) is 24.5 Å². The smallest absolute Gasteiger partial charge is 0.223 e. The van der Waals surface area contributed by atoms with E-state index in [4.69, 9.17) is 18.9 Å². The Labute approximate surface area is 130 Å². The lowest BCUT2D eigenvalue weighted by Crippen LogP contribution is -2.35. The highest BCUT2D eigenvalue weighted by atomic mass is 16.7. The molecule has 2 atom stereocenters. The molecule has 1 fully saturated rings. The summed E-state index contributed by atoms with van der Waals surface area (Å²) in [6.45, 7) is 0.590. The molecule has 2 rings (SSSR count). The Morgan fingerprint density at radius 3 is 2.50 bits per heavy atom. The molecule has 6 nitrogen and oxygen atoms in total. The minimum atomic E-state index is -0.404. The Morgan fingerprint density at radius 2 is 1.91 bits per heavy atom. The van der Waals surface area contributed by atoms with E-state index in [1.807, 2.05) is 24.3 Å². The van der Waals surface area contributed by atoms with E-state index < -0.39 is 6.29 Å². The Balaban J connectivity index is 1.80. The summed E-state index contributed by atoms with van der Waals surface area (Å²) < 4.78 is 20.3. The summed E-state index contributed by atoms with van der Waals surface area (Å²) in [5.74, 6) is 1.11. The van der Waals surface area contributed by atoms with Crippen molar-refractivity contribution in [1.82, 2.24) is 5.32 Å². The summed E-state index contributed by atoms with van der Waals surface area (Å²) >= 11 is 0. The largest absolute Gasteiger partial charge is 0.468 e. The number of amides is 1. The first-order valence-electron chi connectivity index (χ1n) is 7.24. The van der Waals surface area contributed by atoms with Crippen LogP contribution in [0.3, 0.4) is 0 Å². The van der Waals surface area contributed by atoms with E-state index in [2.05, 4.69) is 5.32 Å². The first-order valence-corrected chi connectivity index (χ1v) is 7.24. The molecule has 1 aliphatic carbocycles. The van der Waals surface area contributed by atoms with Gasteiger partial charge in [0.15, 0.2) is 13.1 Å². The summed E-state index contributed by atoms with van der Waals surface area (Å²) in [6, 6.07) is 7.78. The van der Waals surface area contributed by atoms with Crippen LogP contribution in [0.5, 0.6) is 5.75 Å². The van der Waals surface area contributed by atoms with Crippen LogP contribution in [0.2, 0.25) is 0 Å². The van der Waals surface area contributed by atoms with Crippen LogP contribution in [0, 0.1) is 5.92 Å². The third-order valence-electron chi connectivity index (χ3n) is 3.75. The zero-order chi connectivity index (χ0) is 15.9. The zero-order valence-corrected chi connectivity index (χ0v) is 13.2. The first-order chi connectivity index (χ1) is 10.7. The molecule has 122 valence electrons. The number of carbonyl (C=O) groups is 1. The minimum Gasteiger partial charge on any atom is -0.468 e. The second-order valence-electron chi connectivity index (χ2n) is 5.21. The van der Waals surface area contributed by atoms with Gasteiger partial charge in [0.1, 0.15) is 5.75 Å². The number of rotatable bonds is 9. The fourth-order valence-electron chi connectivity index (χ4n) is 2.37. The van der Waals surface area contributed by atoms with Crippen molar-refractivity contribution >= 4 is 5.91 Å². The Hall–Kier alpha value is -1.63. The Kier molecular flexibility index (Phi) is 6.18. The summed E-state index contributed by atoms with van der Waals surface area (Å²) in [4.78, 5) is 12.1. The van der Waals surface area contributed by atoms with Crippen molar-refractivity contribution < 1.29 is 23.7 Å². The van der Waals surface area contributed by atoms with Crippen LogP contribution < -0.4 is 10.1 Å². The predicted octanol–water partition coefficient (Wildman–Crippen LogP) is 1.51. The lowest BCUT2D eigenvalue weighted by atomic mass is 10.1. The summed E-state index contributed by atoms with van der Waals surface area (Å²) in [6.07, 6.45) is 0.465. The van der Waals surface area contributed by atoms with Crippen molar-refractivity contribution in [2.75, 3.05) is 34.7 Å². The summed E-state index contributed by atoms with van der Waals surface area (Å²) in [7, 11) is 4.68. The summed E-state index contributed by atoms with van der Waals surface area (Å²) in [5.41, 5.74) is 1.15. The standard InChI is InChI=1S/C16H23NO5/c1-19-10-22-12-6-4-11(5-7-12)13-8-14(13)16(18)17-9-15(20-2)21-3/h4-7,13-15H,8-10H2,1-3H3,(H,17,18). The van der Waals surface area contributed by atoms with Crippen LogP contribution in [-0.2, 0) is 19.0 Å². The van der Waals surface area contributed by atoms with Gasteiger partial charge in [0, 0.05) is 27.2 Å². The topological polar surface area (TPSA) is 66.0 Å². The molecule has 0 saturated heterocycles. The number of carbonyl (C=O) groups excluding carboxylic acids is 1. The fourth-order valence-corrected chi connectivity index (χ4v) is 2.37. The third kappa shape index (κ3) is 4.43. The van der Waals surface area contributed by atoms with Crippen LogP contribution in [0.4, 0.5) is 0 Å². The highest BCUT2D eigenvalue weighted by molar-refractivity contribution is 5.82. The average molecular weight is 309 g/mol. The third-order valence-corrected chi connectivity index (χ3v) is 3.75. The van der Waals surface area contributed by atoms with Crippen molar-refractivity contribution in [2.24, 2.45) is 5.92 Å². The molecule has 2 unspecified atom stereocenters. The van der Waals surface area contributed by atoms with Crippen molar-refractivity contribution in [3.8, 4) is 5.75 Å². The fraction of sp³-hybridized carbons (Fsp3) is 0.562. The molecule has 1 amide bonds. The van der Waals surface area contributed by atoms with Gasteiger partial charge in [0.25, 0.3) is 0 Å². The van der Waals surface area contributed by atoms with Gasteiger partial charge in [-0.1, -0.05) is 12.1 Å². The van der Waals surface area contributed by atoms with Crippen molar-refractivity contribution in [1.29, 1.82) is 0 Å². The molecule has 0 heterocycles. The number of hydrogen-bond acceptors (Lipinski definition) is 5. The quantitative estimate of drug-likeness (QED) is 0.700. The molecule has 0 spiro atoms. The van der Waals surface area contributed by atoms with Crippen molar-refractivity contribution in [3.05, 3.63) is 29.8 Å². The van der Waals surface area contributed by atoms with Gasteiger partial charge in [-0.15, -0.1) is 0 Å². The molecule has 1 saturated carbocycles. The second-order valence-corrected chi connectivity index (χ2v) is 5.21. The normalized spacial score (nSPS) is 20.0. The van der Waals surface area contributed by atoms with Crippen LogP contribution in [0.25, 0.3) is 0 Å². The molecule has 6 heteroatoms. The zero-order valence-electron chi connectivity index (χ0n) is 13.2.